The molecule has 0 unspecified atom stereocenters. The fourth-order valence-corrected chi connectivity index (χ4v) is 2.98. The van der Waals surface area contributed by atoms with Crippen molar-refractivity contribution in [3.05, 3.63) is 35.4 Å². The van der Waals surface area contributed by atoms with Crippen molar-refractivity contribution in [2.24, 2.45) is 0 Å². The number of rotatable bonds is 0. The lowest BCUT2D eigenvalue weighted by Crippen LogP contribution is -2.44. The predicted octanol–water partition coefficient (Wildman–Crippen LogP) is 2.05. The van der Waals surface area contributed by atoms with Crippen molar-refractivity contribution in [3.63, 3.8) is 0 Å². The molecule has 0 aliphatic carbocycles. The average Bonchev–Trinajstić information content (AvgIpc) is 2.70. The molecular weight excluding hydrogens is 214 g/mol. The number of hydrogen-bond acceptors (Lipinski definition) is 2. The van der Waals surface area contributed by atoms with Crippen LogP contribution in [0.4, 0.5) is 0 Å². The Hall–Kier alpha value is -1.35. The number of fused-ring (bicyclic) bond motifs is 2. The normalized spacial score (nSPS) is 21.6. The fraction of sp³-hybridized carbons (Fsp3) is 0.500. The Morgan fingerprint density at radius 3 is 2.71 bits per heavy atom. The first-order valence-corrected chi connectivity index (χ1v) is 6.19. The highest BCUT2D eigenvalue weighted by molar-refractivity contribution is 5.73. The molecule has 1 aromatic rings. The van der Waals surface area contributed by atoms with Crippen molar-refractivity contribution < 1.29 is 9.53 Å². The predicted molar refractivity (Wildman–Crippen MR) is 64.4 cm³/mol. The largest absolute Gasteiger partial charge is 0.365 e. The van der Waals surface area contributed by atoms with Gasteiger partial charge in [-0.05, 0) is 24.0 Å². The van der Waals surface area contributed by atoms with Crippen LogP contribution in [0.25, 0.3) is 0 Å². The zero-order chi connectivity index (χ0) is 11.9. The van der Waals surface area contributed by atoms with Gasteiger partial charge in [0.05, 0.1) is 12.2 Å². The van der Waals surface area contributed by atoms with E-state index < -0.39 is 0 Å². The van der Waals surface area contributed by atoms with Gasteiger partial charge in [-0.1, -0.05) is 24.3 Å². The molecule has 1 saturated heterocycles. The Bertz CT molecular complexity index is 447. The fourth-order valence-electron chi connectivity index (χ4n) is 2.98. The van der Waals surface area contributed by atoms with Gasteiger partial charge in [-0.15, -0.1) is 0 Å². The highest BCUT2D eigenvalue weighted by atomic mass is 16.5. The molecule has 0 saturated carbocycles. The second-order valence-electron chi connectivity index (χ2n) is 4.95. The summed E-state index contributed by atoms with van der Waals surface area (Å²) in [5, 5.41) is 0. The van der Waals surface area contributed by atoms with Crippen molar-refractivity contribution >= 4 is 5.91 Å². The zero-order valence-corrected chi connectivity index (χ0v) is 10.1. The summed E-state index contributed by atoms with van der Waals surface area (Å²) in [6, 6.07) is 8.45. The smallest absolute Gasteiger partial charge is 0.219 e. The maximum absolute atomic E-state index is 11.3. The number of benzene rings is 1. The average molecular weight is 231 g/mol. The standard InChI is InChI=1S/C14H17NO2/c1-11(16)15-8-6-14(7-9-15)13-5-3-2-4-12(13)10-17-14/h2-5H,6-10H2,1H3. The molecule has 3 nitrogen and oxygen atoms in total. The molecule has 0 atom stereocenters. The molecular formula is C14H17NO2. The van der Waals surface area contributed by atoms with Gasteiger partial charge in [-0.2, -0.15) is 0 Å². The van der Waals surface area contributed by atoms with Crippen LogP contribution in [0.15, 0.2) is 24.3 Å². The molecule has 90 valence electrons. The molecule has 2 heterocycles. The second kappa shape index (κ2) is 3.84. The molecule has 3 rings (SSSR count). The van der Waals surface area contributed by atoms with Crippen LogP contribution in [0.3, 0.4) is 0 Å². The van der Waals surface area contributed by atoms with Gasteiger partial charge in [-0.25, -0.2) is 0 Å². The first kappa shape index (κ1) is 10.8. The number of hydrogen-bond donors (Lipinski definition) is 0. The Labute approximate surface area is 101 Å². The van der Waals surface area contributed by atoms with E-state index in [0.29, 0.717) is 0 Å². The summed E-state index contributed by atoms with van der Waals surface area (Å²) in [4.78, 5) is 13.2. The molecule has 0 bridgehead atoms. The quantitative estimate of drug-likeness (QED) is 0.684. The Balaban J connectivity index is 1.85. The first-order valence-electron chi connectivity index (χ1n) is 6.19. The van der Waals surface area contributed by atoms with E-state index in [9.17, 15) is 4.79 Å². The van der Waals surface area contributed by atoms with Crippen molar-refractivity contribution in [1.29, 1.82) is 0 Å². The number of amides is 1. The lowest BCUT2D eigenvalue weighted by atomic mass is 9.84. The van der Waals surface area contributed by atoms with Crippen LogP contribution in [0.1, 0.15) is 30.9 Å². The number of nitrogens with zero attached hydrogens (tertiary/aromatic N) is 1. The summed E-state index contributed by atoms with van der Waals surface area (Å²) in [5.41, 5.74) is 2.52. The van der Waals surface area contributed by atoms with Crippen molar-refractivity contribution in [2.45, 2.75) is 32.0 Å². The van der Waals surface area contributed by atoms with E-state index in [2.05, 4.69) is 24.3 Å². The first-order chi connectivity index (χ1) is 8.21. The number of carbonyl (C=O) groups is 1. The SMILES string of the molecule is CC(=O)N1CCC2(CC1)OCc1ccccc12. The Morgan fingerprint density at radius 2 is 2.00 bits per heavy atom. The molecule has 0 N–H and O–H groups in total. The van der Waals surface area contributed by atoms with Crippen LogP contribution in [0.2, 0.25) is 0 Å². The van der Waals surface area contributed by atoms with E-state index in [0.717, 1.165) is 32.5 Å². The summed E-state index contributed by atoms with van der Waals surface area (Å²) in [5.74, 6) is 0.172. The van der Waals surface area contributed by atoms with E-state index in [1.54, 1.807) is 6.92 Å². The third kappa shape index (κ3) is 1.65. The summed E-state index contributed by atoms with van der Waals surface area (Å²) in [6.07, 6.45) is 1.84. The molecule has 1 spiro atoms. The summed E-state index contributed by atoms with van der Waals surface area (Å²) in [7, 11) is 0. The van der Waals surface area contributed by atoms with Crippen molar-refractivity contribution in [1.82, 2.24) is 4.90 Å². The van der Waals surface area contributed by atoms with E-state index in [-0.39, 0.29) is 11.5 Å². The summed E-state index contributed by atoms with van der Waals surface area (Å²) < 4.78 is 6.04. The number of ether oxygens (including phenoxy) is 1. The highest BCUT2D eigenvalue weighted by Gasteiger charge is 2.42. The lowest BCUT2D eigenvalue weighted by molar-refractivity contribution is -0.136. The van der Waals surface area contributed by atoms with Crippen LogP contribution in [0, 0.1) is 0 Å². The second-order valence-corrected chi connectivity index (χ2v) is 4.95. The van der Waals surface area contributed by atoms with E-state index in [1.807, 2.05) is 4.90 Å². The highest BCUT2D eigenvalue weighted by Crippen LogP contribution is 2.43. The third-order valence-electron chi connectivity index (χ3n) is 4.03. The van der Waals surface area contributed by atoms with Crippen LogP contribution in [-0.2, 0) is 21.7 Å². The minimum Gasteiger partial charge on any atom is -0.365 e. The van der Waals surface area contributed by atoms with Gasteiger partial charge < -0.3 is 9.64 Å². The molecule has 0 radical (unpaired) electrons. The zero-order valence-electron chi connectivity index (χ0n) is 10.1. The molecule has 0 aromatic heterocycles. The van der Waals surface area contributed by atoms with Gasteiger partial charge in [0.1, 0.15) is 0 Å². The number of likely N-dealkylation sites (tertiary alicyclic amines) is 1. The Kier molecular flexibility index (Phi) is 2.44. The van der Waals surface area contributed by atoms with Crippen LogP contribution < -0.4 is 0 Å². The minimum absolute atomic E-state index is 0.122. The molecule has 1 amide bonds. The molecule has 2 aliphatic heterocycles. The lowest BCUT2D eigenvalue weighted by Gasteiger charge is -2.38. The van der Waals surface area contributed by atoms with Crippen LogP contribution >= 0.6 is 0 Å². The molecule has 2 aliphatic rings. The van der Waals surface area contributed by atoms with Crippen molar-refractivity contribution in [2.75, 3.05) is 13.1 Å². The Morgan fingerprint density at radius 1 is 1.29 bits per heavy atom. The monoisotopic (exact) mass is 231 g/mol. The van der Waals surface area contributed by atoms with Gasteiger partial charge in [0.15, 0.2) is 0 Å². The van der Waals surface area contributed by atoms with Gasteiger partial charge in [0.2, 0.25) is 5.91 Å². The maximum Gasteiger partial charge on any atom is 0.219 e. The van der Waals surface area contributed by atoms with Gasteiger partial charge >= 0.3 is 0 Å². The van der Waals surface area contributed by atoms with Crippen molar-refractivity contribution in [3.8, 4) is 0 Å². The molecule has 3 heteroatoms. The minimum atomic E-state index is -0.122. The van der Waals surface area contributed by atoms with Crippen LogP contribution in [-0.4, -0.2) is 23.9 Å². The molecule has 1 aromatic carbocycles. The van der Waals surface area contributed by atoms with Gasteiger partial charge in [-0.3, -0.25) is 4.79 Å². The molecule has 1 fully saturated rings. The van der Waals surface area contributed by atoms with E-state index in [1.165, 1.54) is 11.1 Å². The number of carbonyl (C=O) groups excluding carboxylic acids is 1. The van der Waals surface area contributed by atoms with Crippen LogP contribution in [0.5, 0.6) is 0 Å². The summed E-state index contributed by atoms with van der Waals surface area (Å²) >= 11 is 0. The van der Waals surface area contributed by atoms with Gasteiger partial charge in [0, 0.05) is 20.0 Å². The number of piperidine rings is 1. The van der Waals surface area contributed by atoms with E-state index >= 15 is 0 Å². The van der Waals surface area contributed by atoms with Gasteiger partial charge in [0.25, 0.3) is 0 Å². The maximum atomic E-state index is 11.3. The topological polar surface area (TPSA) is 29.5 Å². The molecule has 17 heavy (non-hydrogen) atoms. The summed E-state index contributed by atoms with van der Waals surface area (Å²) in [6.45, 7) is 3.98. The van der Waals surface area contributed by atoms with E-state index in [4.69, 9.17) is 4.74 Å². The third-order valence-corrected chi connectivity index (χ3v) is 4.03.